The molecule has 0 saturated carbocycles. The number of aromatic nitrogens is 1. The van der Waals surface area contributed by atoms with Crippen molar-refractivity contribution in [3.63, 3.8) is 0 Å². The topological polar surface area (TPSA) is 63.7 Å². The molecule has 3 rings (SSSR count). The lowest BCUT2D eigenvalue weighted by Gasteiger charge is -2.32. The highest BCUT2D eigenvalue weighted by Crippen LogP contribution is 2.40. The summed E-state index contributed by atoms with van der Waals surface area (Å²) in [5.74, 6) is 1.57. The molecule has 7 heteroatoms. The zero-order valence-electron chi connectivity index (χ0n) is 13.6. The lowest BCUT2D eigenvalue weighted by molar-refractivity contribution is -0.119. The van der Waals surface area contributed by atoms with E-state index in [1.807, 2.05) is 12.1 Å². The van der Waals surface area contributed by atoms with E-state index in [1.54, 1.807) is 32.5 Å². The highest BCUT2D eigenvalue weighted by Gasteiger charge is 2.24. The van der Waals surface area contributed by atoms with E-state index in [-0.39, 0.29) is 11.9 Å². The molecule has 1 aromatic heterocycles. The second-order valence-corrected chi connectivity index (χ2v) is 6.61. The number of piperidine rings is 1. The summed E-state index contributed by atoms with van der Waals surface area (Å²) >= 11 is 1.60. The van der Waals surface area contributed by atoms with Gasteiger partial charge in [0.05, 0.1) is 14.2 Å². The van der Waals surface area contributed by atoms with Gasteiger partial charge in [-0.3, -0.25) is 4.79 Å². The maximum absolute atomic E-state index is 11.3. The first-order chi connectivity index (χ1) is 11.1. The van der Waals surface area contributed by atoms with Crippen LogP contribution in [0.2, 0.25) is 0 Å². The summed E-state index contributed by atoms with van der Waals surface area (Å²) in [6, 6.07) is 3.96. The molecule has 1 fully saturated rings. The van der Waals surface area contributed by atoms with Crippen LogP contribution in [0.5, 0.6) is 11.5 Å². The molecule has 23 heavy (non-hydrogen) atoms. The van der Waals surface area contributed by atoms with Crippen molar-refractivity contribution in [1.29, 1.82) is 0 Å². The lowest BCUT2D eigenvalue weighted by Crippen LogP contribution is -2.47. The quantitative estimate of drug-likeness (QED) is 0.930. The third kappa shape index (κ3) is 3.19. The summed E-state index contributed by atoms with van der Waals surface area (Å²) in [4.78, 5) is 18.3. The second-order valence-electron chi connectivity index (χ2n) is 5.63. The molecular weight excluding hydrogens is 314 g/mol. The van der Waals surface area contributed by atoms with E-state index in [4.69, 9.17) is 14.5 Å². The first-order valence-electron chi connectivity index (χ1n) is 7.66. The number of thiazole rings is 1. The van der Waals surface area contributed by atoms with E-state index in [0.29, 0.717) is 0 Å². The Balaban J connectivity index is 1.92. The zero-order chi connectivity index (χ0) is 16.4. The average Bonchev–Trinajstić information content (AvgIpc) is 2.99. The Bertz CT molecular complexity index is 675. The summed E-state index contributed by atoms with van der Waals surface area (Å²) in [6.45, 7) is 3.29. The predicted molar refractivity (Wildman–Crippen MR) is 91.8 cm³/mol. The Morgan fingerprint density at radius 3 is 2.78 bits per heavy atom. The highest BCUT2D eigenvalue weighted by molar-refractivity contribution is 7.22. The molecule has 1 atom stereocenters. The third-order valence-electron chi connectivity index (χ3n) is 4.00. The molecule has 6 nitrogen and oxygen atoms in total. The number of anilines is 1. The Labute approximate surface area is 139 Å². The van der Waals surface area contributed by atoms with E-state index in [9.17, 15) is 4.79 Å². The Morgan fingerprint density at radius 1 is 1.35 bits per heavy atom. The Hall–Kier alpha value is -2.02. The number of nitrogens with zero attached hydrogens (tertiary/aromatic N) is 2. The van der Waals surface area contributed by atoms with E-state index >= 15 is 0 Å². The predicted octanol–water partition coefficient (Wildman–Crippen LogP) is 2.42. The highest BCUT2D eigenvalue weighted by atomic mass is 32.1. The van der Waals surface area contributed by atoms with Crippen LogP contribution in [-0.4, -0.2) is 44.2 Å². The minimum atomic E-state index is 0.0180. The average molecular weight is 335 g/mol. The van der Waals surface area contributed by atoms with Gasteiger partial charge >= 0.3 is 0 Å². The fraction of sp³-hybridized carbons (Fsp3) is 0.500. The van der Waals surface area contributed by atoms with Crippen LogP contribution in [0.1, 0.15) is 19.8 Å². The van der Waals surface area contributed by atoms with Crippen LogP contribution in [0.3, 0.4) is 0 Å². The van der Waals surface area contributed by atoms with Gasteiger partial charge in [-0.1, -0.05) is 11.3 Å². The number of rotatable bonds is 4. The fourth-order valence-corrected chi connectivity index (χ4v) is 4.08. The summed E-state index contributed by atoms with van der Waals surface area (Å²) < 4.78 is 11.8. The van der Waals surface area contributed by atoms with Crippen molar-refractivity contribution in [3.8, 4) is 11.5 Å². The maximum Gasteiger partial charge on any atom is 0.217 e. The lowest BCUT2D eigenvalue weighted by atomic mass is 10.1. The number of carbonyl (C=O) groups is 1. The van der Waals surface area contributed by atoms with Gasteiger partial charge in [-0.15, -0.1) is 0 Å². The summed E-state index contributed by atoms with van der Waals surface area (Å²) in [5.41, 5.74) is 0.827. The van der Waals surface area contributed by atoms with Crippen molar-refractivity contribution >= 4 is 32.6 Å². The number of amides is 1. The van der Waals surface area contributed by atoms with Crippen molar-refractivity contribution in [2.24, 2.45) is 0 Å². The summed E-state index contributed by atoms with van der Waals surface area (Å²) in [6.07, 6.45) is 2.04. The molecule has 1 aliphatic rings. The fourth-order valence-electron chi connectivity index (χ4n) is 2.97. The van der Waals surface area contributed by atoms with Gasteiger partial charge in [-0.05, 0) is 25.0 Å². The molecule has 1 aromatic carbocycles. The van der Waals surface area contributed by atoms with Crippen molar-refractivity contribution < 1.29 is 14.3 Å². The standard InChI is InChI=1S/C16H21N3O3S/c1-10(20)17-11-5-4-8-19(9-11)16-18-14-12(21-2)6-7-13(22-3)15(14)23-16/h6-7,11H,4-5,8-9H2,1-3H3,(H,17,20). The number of methoxy groups -OCH3 is 2. The van der Waals surface area contributed by atoms with E-state index < -0.39 is 0 Å². The Morgan fingerprint density at radius 2 is 2.09 bits per heavy atom. The van der Waals surface area contributed by atoms with Crippen LogP contribution in [0.4, 0.5) is 5.13 Å². The van der Waals surface area contributed by atoms with Crippen LogP contribution in [0.15, 0.2) is 12.1 Å². The van der Waals surface area contributed by atoms with Gasteiger partial charge in [0.2, 0.25) is 5.91 Å². The molecule has 124 valence electrons. The molecule has 0 bridgehead atoms. The van der Waals surface area contributed by atoms with Gasteiger partial charge < -0.3 is 19.7 Å². The SMILES string of the molecule is COc1ccc(OC)c2sc(N3CCCC(NC(C)=O)C3)nc12. The number of hydrogen-bond donors (Lipinski definition) is 1. The first-order valence-corrected chi connectivity index (χ1v) is 8.47. The third-order valence-corrected chi connectivity index (χ3v) is 5.13. The number of benzene rings is 1. The monoisotopic (exact) mass is 335 g/mol. The minimum absolute atomic E-state index is 0.0180. The van der Waals surface area contributed by atoms with Crippen molar-refractivity contribution in [1.82, 2.24) is 10.3 Å². The zero-order valence-corrected chi connectivity index (χ0v) is 14.4. The van der Waals surface area contributed by atoms with Crippen molar-refractivity contribution in [3.05, 3.63) is 12.1 Å². The minimum Gasteiger partial charge on any atom is -0.495 e. The van der Waals surface area contributed by atoms with Crippen LogP contribution in [0, 0.1) is 0 Å². The van der Waals surface area contributed by atoms with Crippen molar-refractivity contribution in [2.45, 2.75) is 25.8 Å². The molecule has 2 heterocycles. The number of carbonyl (C=O) groups excluding carboxylic acids is 1. The largest absolute Gasteiger partial charge is 0.495 e. The van der Waals surface area contributed by atoms with E-state index in [0.717, 1.165) is 52.8 Å². The molecule has 1 N–H and O–H groups in total. The van der Waals surface area contributed by atoms with Crippen LogP contribution < -0.4 is 19.7 Å². The van der Waals surface area contributed by atoms with Gasteiger partial charge in [0.15, 0.2) is 5.13 Å². The summed E-state index contributed by atoms with van der Waals surface area (Å²) in [7, 11) is 3.31. The van der Waals surface area contributed by atoms with Gasteiger partial charge in [0.25, 0.3) is 0 Å². The molecule has 1 aliphatic heterocycles. The van der Waals surface area contributed by atoms with Gasteiger partial charge in [-0.25, -0.2) is 4.98 Å². The Kier molecular flexibility index (Phi) is 4.56. The van der Waals surface area contributed by atoms with Crippen LogP contribution in [-0.2, 0) is 4.79 Å². The molecule has 1 saturated heterocycles. The number of hydrogen-bond acceptors (Lipinski definition) is 6. The smallest absolute Gasteiger partial charge is 0.217 e. The van der Waals surface area contributed by atoms with Crippen LogP contribution >= 0.6 is 11.3 Å². The van der Waals surface area contributed by atoms with Gasteiger partial charge in [-0.2, -0.15) is 0 Å². The van der Waals surface area contributed by atoms with E-state index in [2.05, 4.69) is 10.2 Å². The molecule has 0 radical (unpaired) electrons. The van der Waals surface area contributed by atoms with Gasteiger partial charge in [0, 0.05) is 26.1 Å². The van der Waals surface area contributed by atoms with E-state index in [1.165, 1.54) is 0 Å². The summed E-state index contributed by atoms with van der Waals surface area (Å²) in [5, 5.41) is 3.95. The molecule has 1 unspecified atom stereocenters. The number of ether oxygens (including phenoxy) is 2. The molecular formula is C16H21N3O3S. The molecule has 0 aliphatic carbocycles. The van der Waals surface area contributed by atoms with Gasteiger partial charge in [0.1, 0.15) is 21.7 Å². The first kappa shape index (κ1) is 15.9. The number of fused-ring (bicyclic) bond motifs is 1. The maximum atomic E-state index is 11.3. The molecule has 1 amide bonds. The second kappa shape index (κ2) is 6.62. The molecule has 0 spiro atoms. The molecule has 2 aromatic rings. The number of nitrogens with one attached hydrogen (secondary N) is 1. The normalized spacial score (nSPS) is 18.0. The van der Waals surface area contributed by atoms with Crippen molar-refractivity contribution in [2.75, 3.05) is 32.2 Å². The van der Waals surface area contributed by atoms with Crippen LogP contribution in [0.25, 0.3) is 10.2 Å².